The van der Waals surface area contributed by atoms with E-state index in [4.69, 9.17) is 15.6 Å². The van der Waals surface area contributed by atoms with Crippen molar-refractivity contribution in [1.82, 2.24) is 14.6 Å². The summed E-state index contributed by atoms with van der Waals surface area (Å²) in [6.45, 7) is 5.95. The van der Waals surface area contributed by atoms with E-state index in [1.165, 1.54) is 6.92 Å². The number of aliphatic hydroxyl groups is 1. The van der Waals surface area contributed by atoms with Gasteiger partial charge in [-0.3, -0.25) is 10.1 Å². The number of primary amides is 1. The molecule has 2 aromatic rings. The van der Waals surface area contributed by atoms with E-state index < -0.39 is 29.7 Å². The van der Waals surface area contributed by atoms with Crippen LogP contribution in [0.4, 0.5) is 18.6 Å². The van der Waals surface area contributed by atoms with Crippen LogP contribution in [0.5, 0.6) is 5.88 Å². The van der Waals surface area contributed by atoms with Crippen molar-refractivity contribution < 1.29 is 28.2 Å². The maximum absolute atomic E-state index is 14.0. The largest absolute Gasteiger partial charge is 0.468 e. The second kappa shape index (κ2) is 12.3. The Bertz CT molecular complexity index is 927. The minimum Gasteiger partial charge on any atom is -0.468 e. The summed E-state index contributed by atoms with van der Waals surface area (Å²) in [7, 11) is 0. The topological polar surface area (TPSA) is 130 Å². The summed E-state index contributed by atoms with van der Waals surface area (Å²) in [5.41, 5.74) is 5.21. The first-order valence-corrected chi connectivity index (χ1v) is 10.8. The second-order valence-corrected chi connectivity index (χ2v) is 7.65. The van der Waals surface area contributed by atoms with Crippen molar-refractivity contribution in [3.63, 3.8) is 0 Å². The molecular weight excluding hydrogens is 444 g/mol. The second-order valence-electron chi connectivity index (χ2n) is 6.87. The molecule has 0 aliphatic rings. The molecule has 0 bridgehead atoms. The summed E-state index contributed by atoms with van der Waals surface area (Å²) >= 11 is 0.780. The number of ether oxygens (including phenoxy) is 1. The van der Waals surface area contributed by atoms with Crippen LogP contribution in [0.1, 0.15) is 42.3 Å². The number of urea groups is 1. The lowest BCUT2D eigenvalue weighted by molar-refractivity contribution is 0.0994. The van der Waals surface area contributed by atoms with Gasteiger partial charge in [0, 0.05) is 18.7 Å². The summed E-state index contributed by atoms with van der Waals surface area (Å²) in [4.78, 5) is 26.2. The quantitative estimate of drug-likeness (QED) is 0.352. The first kappa shape index (κ1) is 25.4. The van der Waals surface area contributed by atoms with Crippen molar-refractivity contribution >= 4 is 28.5 Å². The number of benzene rings is 1. The van der Waals surface area contributed by atoms with Crippen molar-refractivity contribution in [2.75, 3.05) is 38.1 Å². The Morgan fingerprint density at radius 1 is 1.34 bits per heavy atom. The van der Waals surface area contributed by atoms with Crippen LogP contribution in [0.2, 0.25) is 0 Å². The van der Waals surface area contributed by atoms with Crippen LogP contribution >= 0.6 is 11.5 Å². The maximum atomic E-state index is 14.0. The van der Waals surface area contributed by atoms with Gasteiger partial charge in [-0.15, -0.1) is 0 Å². The molecule has 1 heterocycles. The zero-order chi connectivity index (χ0) is 23.7. The van der Waals surface area contributed by atoms with Crippen molar-refractivity contribution in [2.24, 2.45) is 5.73 Å². The van der Waals surface area contributed by atoms with Gasteiger partial charge < -0.3 is 25.8 Å². The van der Waals surface area contributed by atoms with Crippen LogP contribution < -0.4 is 21.1 Å². The van der Waals surface area contributed by atoms with Gasteiger partial charge in [-0.1, -0.05) is 6.92 Å². The molecule has 1 atom stereocenters. The lowest BCUT2D eigenvalue weighted by atomic mass is 10.1. The third-order valence-electron chi connectivity index (χ3n) is 4.62. The molecule has 1 aromatic carbocycles. The molecule has 0 saturated carbocycles. The van der Waals surface area contributed by atoms with Gasteiger partial charge in [-0.2, -0.15) is 4.37 Å². The fourth-order valence-electron chi connectivity index (χ4n) is 2.94. The molecule has 5 N–H and O–H groups in total. The third-order valence-corrected chi connectivity index (χ3v) is 5.36. The van der Waals surface area contributed by atoms with E-state index in [0.717, 1.165) is 36.3 Å². The number of anilines is 1. The van der Waals surface area contributed by atoms with Gasteiger partial charge in [0.15, 0.2) is 0 Å². The molecule has 3 amide bonds. The molecule has 176 valence electrons. The van der Waals surface area contributed by atoms with Gasteiger partial charge in [0.2, 0.25) is 5.88 Å². The van der Waals surface area contributed by atoms with Gasteiger partial charge in [0.25, 0.3) is 5.91 Å². The molecule has 0 fully saturated rings. The molecule has 0 spiro atoms. The van der Waals surface area contributed by atoms with E-state index in [-0.39, 0.29) is 28.6 Å². The Kier molecular flexibility index (Phi) is 9.75. The Hall–Kier alpha value is -2.83. The van der Waals surface area contributed by atoms with Crippen LogP contribution in [0.3, 0.4) is 0 Å². The SMILES string of the molecule is CCN(CCO)CCCNC(=O)Nc1snc(OC(C)c2cc(F)ccc2F)c1C(N)=O. The molecule has 0 aliphatic heterocycles. The van der Waals surface area contributed by atoms with E-state index in [0.29, 0.717) is 26.1 Å². The number of nitrogens with one attached hydrogen (secondary N) is 2. The van der Waals surface area contributed by atoms with Crippen LogP contribution in [-0.4, -0.2) is 59.1 Å². The van der Waals surface area contributed by atoms with Crippen molar-refractivity contribution in [2.45, 2.75) is 26.4 Å². The molecule has 0 aliphatic carbocycles. The number of rotatable bonds is 12. The molecule has 9 nitrogen and oxygen atoms in total. The number of halogens is 2. The molecule has 2 rings (SSSR count). The number of hydrogen-bond acceptors (Lipinski definition) is 7. The van der Waals surface area contributed by atoms with Crippen molar-refractivity contribution in [3.05, 3.63) is 41.0 Å². The van der Waals surface area contributed by atoms with Crippen molar-refractivity contribution in [3.8, 4) is 5.88 Å². The fraction of sp³-hybridized carbons (Fsp3) is 0.450. The van der Waals surface area contributed by atoms with E-state index in [1.54, 1.807) is 0 Å². The first-order valence-electron chi connectivity index (χ1n) is 10.1. The summed E-state index contributed by atoms with van der Waals surface area (Å²) < 4.78 is 37.0. The van der Waals surface area contributed by atoms with Crippen molar-refractivity contribution in [1.29, 1.82) is 0 Å². The molecule has 1 unspecified atom stereocenters. The smallest absolute Gasteiger partial charge is 0.319 e. The van der Waals surface area contributed by atoms with Gasteiger partial charge in [-0.25, -0.2) is 13.6 Å². The van der Waals surface area contributed by atoms with Crippen LogP contribution in [0, 0.1) is 11.6 Å². The van der Waals surface area contributed by atoms with Gasteiger partial charge >= 0.3 is 6.03 Å². The predicted octanol–water partition coefficient (Wildman–Crippen LogP) is 2.49. The van der Waals surface area contributed by atoms with Gasteiger partial charge in [0.1, 0.15) is 28.3 Å². The lowest BCUT2D eigenvalue weighted by Gasteiger charge is -2.18. The predicted molar refractivity (Wildman–Crippen MR) is 117 cm³/mol. The molecule has 32 heavy (non-hydrogen) atoms. The number of nitrogens with zero attached hydrogens (tertiary/aromatic N) is 2. The number of amides is 3. The number of carbonyl (C=O) groups is 2. The highest BCUT2D eigenvalue weighted by Crippen LogP contribution is 2.33. The highest BCUT2D eigenvalue weighted by molar-refractivity contribution is 7.11. The average Bonchev–Trinajstić information content (AvgIpc) is 3.13. The summed E-state index contributed by atoms with van der Waals surface area (Å²) in [6, 6.07) is 2.39. The summed E-state index contributed by atoms with van der Waals surface area (Å²) in [6.07, 6.45) is -0.300. The lowest BCUT2D eigenvalue weighted by Crippen LogP contribution is -2.33. The Morgan fingerprint density at radius 2 is 2.09 bits per heavy atom. The first-order chi connectivity index (χ1) is 15.3. The molecule has 12 heteroatoms. The molecule has 1 aromatic heterocycles. The van der Waals surface area contributed by atoms with Gasteiger partial charge in [0.05, 0.1) is 6.61 Å². The van der Waals surface area contributed by atoms with E-state index in [9.17, 15) is 18.4 Å². The highest BCUT2D eigenvalue weighted by atomic mass is 32.1. The number of nitrogens with two attached hydrogens (primary N) is 1. The molecule has 0 saturated heterocycles. The number of likely N-dealkylation sites (N-methyl/N-ethyl adjacent to an activating group) is 1. The standard InChI is InChI=1S/C20H27F2N5O4S/c1-3-27(9-10-28)8-4-7-24-20(30)25-19-16(17(23)29)18(26-32-19)31-12(2)14-11-13(21)5-6-15(14)22/h5-6,11-12,28H,3-4,7-10H2,1-2H3,(H2,23,29)(H2,24,25,30). The summed E-state index contributed by atoms with van der Waals surface area (Å²) in [5.74, 6) is -2.38. The molecular formula is C20H27F2N5O4S. The van der Waals surface area contributed by atoms with Gasteiger partial charge in [-0.05, 0) is 56.2 Å². The number of aromatic nitrogens is 1. The number of hydrogen-bond donors (Lipinski definition) is 4. The summed E-state index contributed by atoms with van der Waals surface area (Å²) in [5, 5.41) is 14.2. The zero-order valence-electron chi connectivity index (χ0n) is 17.9. The van der Waals surface area contributed by atoms with Crippen LogP contribution in [0.15, 0.2) is 18.2 Å². The fourth-order valence-corrected chi connectivity index (χ4v) is 3.66. The Morgan fingerprint density at radius 3 is 2.75 bits per heavy atom. The van der Waals surface area contributed by atoms with E-state index in [1.807, 2.05) is 11.8 Å². The van der Waals surface area contributed by atoms with Crippen LogP contribution in [0.25, 0.3) is 0 Å². The monoisotopic (exact) mass is 471 g/mol. The van der Waals surface area contributed by atoms with Crippen LogP contribution in [-0.2, 0) is 0 Å². The normalized spacial score (nSPS) is 11.9. The number of carbonyl (C=O) groups excluding carboxylic acids is 2. The Balaban J connectivity index is 1.99. The minimum absolute atomic E-state index is 0.0528. The zero-order valence-corrected chi connectivity index (χ0v) is 18.7. The number of aliphatic hydroxyl groups excluding tert-OH is 1. The minimum atomic E-state index is -0.965. The van der Waals surface area contributed by atoms with E-state index >= 15 is 0 Å². The third kappa shape index (κ3) is 7.11. The average molecular weight is 472 g/mol. The molecule has 0 radical (unpaired) electrons. The van der Waals surface area contributed by atoms with E-state index in [2.05, 4.69) is 15.0 Å². The Labute approximate surface area is 188 Å². The highest BCUT2D eigenvalue weighted by Gasteiger charge is 2.24. The maximum Gasteiger partial charge on any atom is 0.319 e.